The molecule has 33 heavy (non-hydrogen) atoms. The molecule has 0 radical (unpaired) electrons. The molecular formula is C26H32ClN3O2S. The van der Waals surface area contributed by atoms with Gasteiger partial charge in [-0.05, 0) is 79.7 Å². The molecule has 1 aliphatic heterocycles. The second-order valence-electron chi connectivity index (χ2n) is 9.75. The number of fused-ring (bicyclic) bond motifs is 3. The zero-order valence-corrected chi connectivity index (χ0v) is 20.4. The van der Waals surface area contributed by atoms with Crippen molar-refractivity contribution in [2.75, 3.05) is 13.1 Å². The fourth-order valence-electron chi connectivity index (χ4n) is 5.69. The molecule has 7 heteroatoms. The Hall–Kier alpha value is -1.89. The van der Waals surface area contributed by atoms with Crippen molar-refractivity contribution in [2.24, 2.45) is 16.8 Å². The third kappa shape index (κ3) is 5.13. The van der Waals surface area contributed by atoms with Crippen molar-refractivity contribution in [3.05, 3.63) is 64.7 Å². The Morgan fingerprint density at radius 1 is 0.970 bits per heavy atom. The van der Waals surface area contributed by atoms with E-state index in [1.165, 1.54) is 11.1 Å². The van der Waals surface area contributed by atoms with E-state index in [0.29, 0.717) is 35.2 Å². The molecule has 176 valence electrons. The number of amidine groups is 1. The number of halogens is 1. The molecule has 5 rings (SSSR count). The number of aliphatic imine (C=N–C) groups is 1. The van der Waals surface area contributed by atoms with Crippen LogP contribution in [0.4, 0.5) is 0 Å². The van der Waals surface area contributed by atoms with E-state index in [1.54, 1.807) is 24.3 Å². The topological polar surface area (TPSA) is 70.6 Å². The monoisotopic (exact) mass is 485 g/mol. The molecule has 2 atom stereocenters. The van der Waals surface area contributed by atoms with E-state index in [-0.39, 0.29) is 0 Å². The Morgan fingerprint density at radius 2 is 1.73 bits per heavy atom. The van der Waals surface area contributed by atoms with Crippen LogP contribution in [-0.4, -0.2) is 33.4 Å². The van der Waals surface area contributed by atoms with Gasteiger partial charge in [0.15, 0.2) is 0 Å². The van der Waals surface area contributed by atoms with Gasteiger partial charge >= 0.3 is 0 Å². The maximum atomic E-state index is 12.4. The zero-order valence-electron chi connectivity index (χ0n) is 18.8. The third-order valence-corrected chi connectivity index (χ3v) is 9.43. The summed E-state index contributed by atoms with van der Waals surface area (Å²) in [6.07, 6.45) is 7.46. The van der Waals surface area contributed by atoms with Gasteiger partial charge in [-0.3, -0.25) is 4.99 Å². The molecule has 2 aliphatic carbocycles. The van der Waals surface area contributed by atoms with Gasteiger partial charge in [0.25, 0.3) is 0 Å². The lowest BCUT2D eigenvalue weighted by molar-refractivity contribution is 0.280. The number of hydrogen-bond acceptors (Lipinski definition) is 3. The molecule has 3 aliphatic rings. The molecular weight excluding hydrogens is 454 g/mol. The van der Waals surface area contributed by atoms with Crippen LogP contribution in [-0.2, 0) is 16.4 Å². The maximum absolute atomic E-state index is 12.4. The van der Waals surface area contributed by atoms with E-state index in [2.05, 4.69) is 22.2 Å². The summed E-state index contributed by atoms with van der Waals surface area (Å²) in [7, 11) is -3.42. The van der Waals surface area contributed by atoms with E-state index in [4.69, 9.17) is 16.6 Å². The van der Waals surface area contributed by atoms with Crippen molar-refractivity contribution in [3.8, 4) is 0 Å². The molecule has 5 nitrogen and oxygen atoms in total. The summed E-state index contributed by atoms with van der Waals surface area (Å²) < 4.78 is 27.7. The molecule has 2 N–H and O–H groups in total. The Labute approximate surface area is 202 Å². The standard InChI is InChI=1S/C26H32ClN3O2S/c27-24-8-4-7-21-22(24)13-14-25-23(21)15-26(30-25)28-16-18-9-11-19(12-10-18)17-29-33(31,32)20-5-2-1-3-6-20/h1-8,18-19,23,25,29H,9-17H2,(H,28,30)/t18?,19?,23-,25+/m0/s1. The Balaban J connectivity index is 1.10. The average molecular weight is 486 g/mol. The first kappa shape index (κ1) is 22.9. The zero-order chi connectivity index (χ0) is 22.8. The van der Waals surface area contributed by atoms with E-state index < -0.39 is 10.0 Å². The fourth-order valence-corrected chi connectivity index (χ4v) is 7.10. The van der Waals surface area contributed by atoms with Gasteiger partial charge in [-0.25, -0.2) is 13.1 Å². The second-order valence-corrected chi connectivity index (χ2v) is 11.9. The van der Waals surface area contributed by atoms with E-state index >= 15 is 0 Å². The fraction of sp³-hybridized carbons (Fsp3) is 0.500. The van der Waals surface area contributed by atoms with Crippen LogP contribution < -0.4 is 10.0 Å². The first-order valence-corrected chi connectivity index (χ1v) is 14.0. The van der Waals surface area contributed by atoms with Gasteiger partial charge in [0.1, 0.15) is 0 Å². The van der Waals surface area contributed by atoms with Crippen molar-refractivity contribution < 1.29 is 8.42 Å². The molecule has 0 amide bonds. The van der Waals surface area contributed by atoms with Crippen LogP contribution in [0.25, 0.3) is 0 Å². The number of rotatable bonds is 6. The summed E-state index contributed by atoms with van der Waals surface area (Å²) in [5.74, 6) is 2.63. The number of hydrogen-bond donors (Lipinski definition) is 2. The minimum atomic E-state index is -3.42. The van der Waals surface area contributed by atoms with Gasteiger partial charge in [0.05, 0.1) is 10.7 Å². The first-order valence-electron chi connectivity index (χ1n) is 12.1. The molecule has 1 saturated heterocycles. The molecule has 2 fully saturated rings. The molecule has 2 aromatic carbocycles. The highest BCUT2D eigenvalue weighted by Crippen LogP contribution is 2.40. The lowest BCUT2D eigenvalue weighted by Gasteiger charge is -2.28. The summed E-state index contributed by atoms with van der Waals surface area (Å²) in [6.45, 7) is 1.39. The normalized spacial score (nSPS) is 28.2. The number of nitrogens with one attached hydrogen (secondary N) is 2. The van der Waals surface area contributed by atoms with Crippen LogP contribution in [0.15, 0.2) is 58.4 Å². The summed E-state index contributed by atoms with van der Waals surface area (Å²) in [4.78, 5) is 5.31. The van der Waals surface area contributed by atoms with Crippen LogP contribution in [0, 0.1) is 11.8 Å². The summed E-state index contributed by atoms with van der Waals surface area (Å²) in [5, 5.41) is 4.59. The molecule has 0 spiro atoms. The summed E-state index contributed by atoms with van der Waals surface area (Å²) in [5.41, 5.74) is 2.72. The van der Waals surface area contributed by atoms with Crippen molar-refractivity contribution in [1.82, 2.24) is 10.0 Å². The highest BCUT2D eigenvalue weighted by atomic mass is 35.5. The smallest absolute Gasteiger partial charge is 0.240 e. The molecule has 0 unspecified atom stereocenters. The van der Waals surface area contributed by atoms with Crippen molar-refractivity contribution in [3.63, 3.8) is 0 Å². The Kier molecular flexibility index (Phi) is 6.77. The summed E-state index contributed by atoms with van der Waals surface area (Å²) >= 11 is 6.43. The predicted octanol–water partition coefficient (Wildman–Crippen LogP) is 4.92. The van der Waals surface area contributed by atoms with Crippen molar-refractivity contribution in [1.29, 1.82) is 0 Å². The number of benzene rings is 2. The van der Waals surface area contributed by atoms with Crippen LogP contribution in [0.1, 0.15) is 55.6 Å². The molecule has 2 aromatic rings. The van der Waals surface area contributed by atoms with Gasteiger partial charge in [-0.15, -0.1) is 0 Å². The molecule has 0 bridgehead atoms. The van der Waals surface area contributed by atoms with E-state index in [1.807, 2.05) is 12.1 Å². The number of nitrogens with zero attached hydrogens (tertiary/aromatic N) is 1. The summed E-state index contributed by atoms with van der Waals surface area (Å²) in [6, 6.07) is 15.4. The lowest BCUT2D eigenvalue weighted by atomic mass is 9.80. The molecule has 0 aromatic heterocycles. The van der Waals surface area contributed by atoms with Crippen LogP contribution in [0.2, 0.25) is 5.02 Å². The van der Waals surface area contributed by atoms with Crippen LogP contribution in [0.5, 0.6) is 0 Å². The Morgan fingerprint density at radius 3 is 2.52 bits per heavy atom. The second kappa shape index (κ2) is 9.77. The van der Waals surface area contributed by atoms with Gasteiger partial charge in [-0.1, -0.05) is 41.9 Å². The third-order valence-electron chi connectivity index (χ3n) is 7.63. The van der Waals surface area contributed by atoms with Gasteiger partial charge < -0.3 is 5.32 Å². The molecule has 1 heterocycles. The maximum Gasteiger partial charge on any atom is 0.240 e. The first-order chi connectivity index (χ1) is 16.0. The van der Waals surface area contributed by atoms with Crippen molar-refractivity contribution in [2.45, 2.75) is 61.8 Å². The highest BCUT2D eigenvalue weighted by Gasteiger charge is 2.37. The van der Waals surface area contributed by atoms with Gasteiger partial charge in [-0.2, -0.15) is 0 Å². The van der Waals surface area contributed by atoms with E-state index in [9.17, 15) is 8.42 Å². The minimum Gasteiger partial charge on any atom is -0.370 e. The quantitative estimate of drug-likeness (QED) is 0.610. The average Bonchev–Trinajstić information content (AvgIpc) is 3.27. The van der Waals surface area contributed by atoms with Crippen molar-refractivity contribution >= 4 is 27.5 Å². The van der Waals surface area contributed by atoms with Crippen LogP contribution >= 0.6 is 11.6 Å². The SMILES string of the molecule is O=S(=O)(NCC1CCC(CN=C2C[C@H]3c4cccc(Cl)c4CC[C@H]3N2)CC1)c1ccccc1. The highest BCUT2D eigenvalue weighted by molar-refractivity contribution is 7.89. The lowest BCUT2D eigenvalue weighted by Crippen LogP contribution is -2.32. The van der Waals surface area contributed by atoms with Gasteiger partial charge in [0, 0.05) is 36.5 Å². The minimum absolute atomic E-state index is 0.337. The van der Waals surface area contributed by atoms with E-state index in [0.717, 1.165) is 62.3 Å². The predicted molar refractivity (Wildman–Crippen MR) is 133 cm³/mol. The Bertz CT molecular complexity index is 1110. The van der Waals surface area contributed by atoms with Gasteiger partial charge in [0.2, 0.25) is 10.0 Å². The molecule has 1 saturated carbocycles. The van der Waals surface area contributed by atoms with Crippen LogP contribution in [0.3, 0.4) is 0 Å². The largest absolute Gasteiger partial charge is 0.370 e. The number of sulfonamides is 1.